The van der Waals surface area contributed by atoms with Gasteiger partial charge in [-0.15, -0.1) is 0 Å². The second-order valence-electron chi connectivity index (χ2n) is 8.94. The van der Waals surface area contributed by atoms with E-state index in [4.69, 9.17) is 9.47 Å². The second-order valence-corrected chi connectivity index (χ2v) is 9.93. The number of nitrogens with one attached hydrogen (secondary N) is 1. The molecule has 10 heteroatoms. The summed E-state index contributed by atoms with van der Waals surface area (Å²) in [5, 5.41) is 2.29. The minimum atomic E-state index is -0.470. The number of piperidine rings is 1. The maximum atomic E-state index is 12.8. The van der Waals surface area contributed by atoms with Gasteiger partial charge in [-0.25, -0.2) is 0 Å². The number of ether oxygens (including phenoxy) is 2. The van der Waals surface area contributed by atoms with Crippen LogP contribution in [0.5, 0.6) is 11.5 Å². The Bertz CT molecular complexity index is 1200. The fourth-order valence-corrected chi connectivity index (χ4v) is 4.86. The van der Waals surface area contributed by atoms with Gasteiger partial charge in [-0.05, 0) is 66.4 Å². The van der Waals surface area contributed by atoms with Gasteiger partial charge in [0.05, 0.1) is 17.7 Å². The predicted octanol–water partition coefficient (Wildman–Crippen LogP) is 4.01. The number of thioether (sulfide) groups is 1. The summed E-state index contributed by atoms with van der Waals surface area (Å²) in [6, 6.07) is 13.9. The van der Waals surface area contributed by atoms with Gasteiger partial charge in [0.15, 0.2) is 6.61 Å². The lowest BCUT2D eigenvalue weighted by Crippen LogP contribution is -2.45. The van der Waals surface area contributed by atoms with E-state index in [1.807, 2.05) is 6.07 Å². The molecule has 0 aromatic heterocycles. The average Bonchev–Trinajstić information content (AvgIpc) is 3.16. The smallest absolute Gasteiger partial charge is 0.294 e. The molecule has 194 valence electrons. The van der Waals surface area contributed by atoms with Crippen LogP contribution in [0, 0.1) is 5.92 Å². The Labute approximate surface area is 219 Å². The highest BCUT2D eigenvalue weighted by Gasteiger charge is 2.37. The number of hydrogen-bond acceptors (Lipinski definition) is 7. The molecule has 2 heterocycles. The molecule has 2 aromatic carbocycles. The molecule has 0 aliphatic carbocycles. The number of rotatable bonds is 8. The van der Waals surface area contributed by atoms with E-state index >= 15 is 0 Å². The van der Waals surface area contributed by atoms with Crippen molar-refractivity contribution in [3.63, 3.8) is 0 Å². The van der Waals surface area contributed by atoms with Crippen molar-refractivity contribution in [2.45, 2.75) is 19.8 Å². The van der Waals surface area contributed by atoms with Gasteiger partial charge in [0, 0.05) is 13.1 Å². The first kappa shape index (κ1) is 26.3. The lowest BCUT2D eigenvalue weighted by Gasteiger charge is -2.31. The molecule has 0 spiro atoms. The molecule has 4 rings (SSSR count). The molecule has 2 aliphatic heterocycles. The number of imide groups is 1. The Morgan fingerprint density at radius 2 is 1.78 bits per heavy atom. The first-order chi connectivity index (χ1) is 17.8. The third-order valence-corrected chi connectivity index (χ3v) is 7.14. The maximum absolute atomic E-state index is 12.8. The van der Waals surface area contributed by atoms with E-state index in [1.165, 1.54) is 7.11 Å². The van der Waals surface area contributed by atoms with Gasteiger partial charge in [-0.2, -0.15) is 0 Å². The van der Waals surface area contributed by atoms with Crippen LogP contribution in [0.4, 0.5) is 10.5 Å². The summed E-state index contributed by atoms with van der Waals surface area (Å²) in [6.07, 6.45) is 3.47. The molecule has 0 saturated carbocycles. The van der Waals surface area contributed by atoms with Crippen molar-refractivity contribution in [2.75, 3.05) is 38.7 Å². The molecule has 2 aliphatic rings. The molecule has 2 saturated heterocycles. The molecule has 0 unspecified atom stereocenters. The van der Waals surface area contributed by atoms with Crippen LogP contribution in [0.25, 0.3) is 6.08 Å². The number of para-hydroxylation sites is 2. The van der Waals surface area contributed by atoms with Gasteiger partial charge in [-0.1, -0.05) is 31.2 Å². The van der Waals surface area contributed by atoms with Gasteiger partial charge >= 0.3 is 0 Å². The Balaban J connectivity index is 1.30. The fourth-order valence-electron chi connectivity index (χ4n) is 4.02. The standard InChI is InChI=1S/C27H29N3O6S/c1-18-11-13-29(14-12-18)25(32)16-30-26(33)23(37-27(30)34)15-19-7-9-20(10-8-19)36-17-24(31)28-21-5-3-4-6-22(21)35-2/h3-10,15,18H,11-14,16-17H2,1-2H3,(H,28,31)/b23-15-. The predicted molar refractivity (Wildman–Crippen MR) is 141 cm³/mol. The molecule has 37 heavy (non-hydrogen) atoms. The van der Waals surface area contributed by atoms with Crippen LogP contribution in [-0.2, 0) is 14.4 Å². The summed E-state index contributed by atoms with van der Waals surface area (Å²) in [7, 11) is 1.53. The van der Waals surface area contributed by atoms with E-state index in [0.29, 0.717) is 41.8 Å². The summed E-state index contributed by atoms with van der Waals surface area (Å²) in [4.78, 5) is 53.0. The Morgan fingerprint density at radius 3 is 2.49 bits per heavy atom. The van der Waals surface area contributed by atoms with Crippen LogP contribution in [0.2, 0.25) is 0 Å². The summed E-state index contributed by atoms with van der Waals surface area (Å²) < 4.78 is 10.8. The third-order valence-electron chi connectivity index (χ3n) is 6.23. The highest BCUT2D eigenvalue weighted by atomic mass is 32.2. The molecular formula is C27H29N3O6S. The highest BCUT2D eigenvalue weighted by Crippen LogP contribution is 2.32. The highest BCUT2D eigenvalue weighted by molar-refractivity contribution is 8.18. The third kappa shape index (κ3) is 6.71. The van der Waals surface area contributed by atoms with E-state index in [2.05, 4.69) is 12.2 Å². The first-order valence-corrected chi connectivity index (χ1v) is 12.8. The van der Waals surface area contributed by atoms with Crippen LogP contribution in [0.3, 0.4) is 0 Å². The number of nitrogens with zero attached hydrogens (tertiary/aromatic N) is 2. The molecule has 0 bridgehead atoms. The lowest BCUT2D eigenvalue weighted by molar-refractivity contribution is -0.136. The van der Waals surface area contributed by atoms with Crippen molar-refractivity contribution in [2.24, 2.45) is 5.92 Å². The zero-order valence-corrected chi connectivity index (χ0v) is 21.6. The average molecular weight is 524 g/mol. The van der Waals surface area contributed by atoms with E-state index in [-0.39, 0.29) is 29.9 Å². The summed E-state index contributed by atoms with van der Waals surface area (Å²) in [5.74, 6) is 0.596. The summed E-state index contributed by atoms with van der Waals surface area (Å²) >= 11 is 0.821. The largest absolute Gasteiger partial charge is 0.495 e. The molecular weight excluding hydrogens is 494 g/mol. The van der Waals surface area contributed by atoms with Crippen LogP contribution >= 0.6 is 11.8 Å². The number of hydrogen-bond donors (Lipinski definition) is 1. The van der Waals surface area contributed by atoms with Crippen LogP contribution in [0.15, 0.2) is 53.4 Å². The summed E-state index contributed by atoms with van der Waals surface area (Å²) in [5.41, 5.74) is 1.24. The molecule has 0 radical (unpaired) electrons. The number of carbonyl (C=O) groups is 4. The van der Waals surface area contributed by atoms with Crippen LogP contribution < -0.4 is 14.8 Å². The van der Waals surface area contributed by atoms with Crippen molar-refractivity contribution in [3.8, 4) is 11.5 Å². The Morgan fingerprint density at radius 1 is 1.08 bits per heavy atom. The number of carbonyl (C=O) groups excluding carboxylic acids is 4. The lowest BCUT2D eigenvalue weighted by atomic mass is 9.99. The summed E-state index contributed by atoms with van der Waals surface area (Å²) in [6.45, 7) is 3.04. The molecule has 2 aromatic rings. The second kappa shape index (κ2) is 12.0. The zero-order chi connectivity index (χ0) is 26.4. The van der Waals surface area contributed by atoms with Crippen molar-refractivity contribution in [3.05, 3.63) is 59.0 Å². The van der Waals surface area contributed by atoms with E-state index in [9.17, 15) is 19.2 Å². The number of methoxy groups -OCH3 is 1. The van der Waals surface area contributed by atoms with Gasteiger partial charge < -0.3 is 19.7 Å². The minimum absolute atomic E-state index is 0.194. The molecule has 0 atom stereocenters. The molecule has 1 N–H and O–H groups in total. The Hall–Kier alpha value is -3.79. The number of anilines is 1. The normalized spacial score (nSPS) is 17.3. The van der Waals surface area contributed by atoms with Gasteiger partial charge in [0.2, 0.25) is 5.91 Å². The van der Waals surface area contributed by atoms with Crippen LogP contribution in [0.1, 0.15) is 25.3 Å². The topological polar surface area (TPSA) is 105 Å². The van der Waals surface area contributed by atoms with Crippen molar-refractivity contribution in [1.82, 2.24) is 9.80 Å². The van der Waals surface area contributed by atoms with Crippen molar-refractivity contribution in [1.29, 1.82) is 0 Å². The Kier molecular flexibility index (Phi) is 8.50. The zero-order valence-electron chi connectivity index (χ0n) is 20.8. The molecule has 2 fully saturated rings. The monoisotopic (exact) mass is 523 g/mol. The first-order valence-electron chi connectivity index (χ1n) is 12.0. The minimum Gasteiger partial charge on any atom is -0.495 e. The van der Waals surface area contributed by atoms with Gasteiger partial charge in [-0.3, -0.25) is 24.1 Å². The van der Waals surface area contributed by atoms with Gasteiger partial charge in [0.25, 0.3) is 17.1 Å². The van der Waals surface area contributed by atoms with Crippen LogP contribution in [-0.4, -0.2) is 66.1 Å². The van der Waals surface area contributed by atoms with E-state index in [1.54, 1.807) is 53.4 Å². The van der Waals surface area contributed by atoms with Crippen molar-refractivity contribution >= 4 is 46.5 Å². The molecule has 9 nitrogen and oxygen atoms in total. The maximum Gasteiger partial charge on any atom is 0.294 e. The molecule has 4 amide bonds. The van der Waals surface area contributed by atoms with E-state index < -0.39 is 11.1 Å². The van der Waals surface area contributed by atoms with Gasteiger partial charge in [0.1, 0.15) is 18.0 Å². The quantitative estimate of drug-likeness (QED) is 0.521. The van der Waals surface area contributed by atoms with E-state index in [0.717, 1.165) is 29.5 Å². The van der Waals surface area contributed by atoms with Crippen molar-refractivity contribution < 1.29 is 28.7 Å². The number of benzene rings is 2. The number of likely N-dealkylation sites (tertiary alicyclic amines) is 1. The SMILES string of the molecule is COc1ccccc1NC(=O)COc1ccc(/C=C2\SC(=O)N(CC(=O)N3CCC(C)CC3)C2=O)cc1. The number of amides is 4. The fraction of sp³-hybridized carbons (Fsp3) is 0.333.